The topological polar surface area (TPSA) is 62.7 Å². The third-order valence-electron chi connectivity index (χ3n) is 4.70. The molecule has 126 valence electrons. The zero-order valence-electron chi connectivity index (χ0n) is 13.9. The lowest BCUT2D eigenvalue weighted by molar-refractivity contribution is -0.130. The number of rotatable bonds is 2. The van der Waals surface area contributed by atoms with Crippen molar-refractivity contribution < 1.29 is 14.3 Å². The van der Waals surface area contributed by atoms with Gasteiger partial charge >= 0.3 is 6.09 Å². The molecule has 2 aliphatic rings. The molecule has 0 N–H and O–H groups in total. The van der Waals surface area contributed by atoms with Crippen LogP contribution < -0.4 is 0 Å². The number of aromatic nitrogens is 1. The minimum atomic E-state index is -0.405. The zero-order chi connectivity index (χ0) is 16.6. The molecule has 3 rings (SSSR count). The highest BCUT2D eigenvalue weighted by Gasteiger charge is 2.44. The third-order valence-corrected chi connectivity index (χ3v) is 5.78. The first-order valence-electron chi connectivity index (χ1n) is 8.03. The number of aryl methyl sites for hydroxylation is 2. The van der Waals surface area contributed by atoms with Gasteiger partial charge in [0, 0.05) is 31.4 Å². The van der Waals surface area contributed by atoms with Crippen molar-refractivity contribution >= 4 is 23.3 Å². The number of likely N-dealkylation sites (N-methyl/N-ethyl adjacent to an activating group) is 1. The molecule has 2 amide bonds. The average Bonchev–Trinajstić information content (AvgIpc) is 2.84. The van der Waals surface area contributed by atoms with Crippen molar-refractivity contribution in [3.8, 4) is 0 Å². The fraction of sp³-hybridized carbons (Fsp3) is 0.688. The summed E-state index contributed by atoms with van der Waals surface area (Å²) in [4.78, 5) is 33.3. The Bertz CT molecular complexity index is 630. The SMILES string of the molecule is Cc1nc(C)c(CC(=O)N2CCC[C@@]3(CC2)CN(C)C(=O)O3)s1. The largest absolute Gasteiger partial charge is 0.441 e. The van der Waals surface area contributed by atoms with Crippen molar-refractivity contribution in [2.75, 3.05) is 26.7 Å². The van der Waals surface area contributed by atoms with Crippen LogP contribution in [0.4, 0.5) is 4.79 Å². The van der Waals surface area contributed by atoms with Gasteiger partial charge in [0.2, 0.25) is 5.91 Å². The van der Waals surface area contributed by atoms with Crippen molar-refractivity contribution in [1.82, 2.24) is 14.8 Å². The van der Waals surface area contributed by atoms with Gasteiger partial charge in [0.25, 0.3) is 0 Å². The van der Waals surface area contributed by atoms with Crippen molar-refractivity contribution in [3.05, 3.63) is 15.6 Å². The monoisotopic (exact) mass is 337 g/mol. The van der Waals surface area contributed by atoms with Gasteiger partial charge in [-0.25, -0.2) is 9.78 Å². The zero-order valence-corrected chi connectivity index (χ0v) is 14.7. The van der Waals surface area contributed by atoms with E-state index in [0.29, 0.717) is 19.5 Å². The second kappa shape index (κ2) is 6.11. The second-order valence-corrected chi connectivity index (χ2v) is 7.85. The summed E-state index contributed by atoms with van der Waals surface area (Å²) in [5.74, 6) is 0.145. The van der Waals surface area contributed by atoms with E-state index >= 15 is 0 Å². The Hall–Kier alpha value is -1.63. The van der Waals surface area contributed by atoms with Crippen molar-refractivity contribution in [3.63, 3.8) is 0 Å². The maximum atomic E-state index is 12.6. The summed E-state index contributed by atoms with van der Waals surface area (Å²) in [6.07, 6.45) is 2.58. The molecule has 7 heteroatoms. The number of hydrogen-bond acceptors (Lipinski definition) is 5. The first-order valence-corrected chi connectivity index (χ1v) is 8.85. The standard InChI is InChI=1S/C16H23N3O3S/c1-11-13(23-12(2)17-11)9-14(20)19-7-4-5-16(6-8-19)10-18(3)15(21)22-16/h4-10H2,1-3H3/t16-/m1/s1. The smallest absolute Gasteiger partial charge is 0.410 e. The summed E-state index contributed by atoms with van der Waals surface area (Å²) >= 11 is 1.60. The van der Waals surface area contributed by atoms with Gasteiger partial charge in [-0.3, -0.25) is 4.79 Å². The molecule has 2 aliphatic heterocycles. The molecule has 1 aromatic heterocycles. The van der Waals surface area contributed by atoms with E-state index in [9.17, 15) is 9.59 Å². The number of ether oxygens (including phenoxy) is 1. The number of carbonyl (C=O) groups is 2. The van der Waals surface area contributed by atoms with Gasteiger partial charge in [0.1, 0.15) is 5.60 Å². The van der Waals surface area contributed by atoms with Gasteiger partial charge in [0.05, 0.1) is 23.7 Å². The number of carbonyl (C=O) groups excluding carboxylic acids is 2. The molecule has 0 aromatic carbocycles. The molecule has 1 spiro atoms. The number of nitrogens with zero attached hydrogens (tertiary/aromatic N) is 3. The van der Waals surface area contributed by atoms with Crippen molar-refractivity contribution in [2.24, 2.45) is 0 Å². The van der Waals surface area contributed by atoms with Crippen LogP contribution in [0.1, 0.15) is 34.8 Å². The Morgan fingerprint density at radius 2 is 2.13 bits per heavy atom. The summed E-state index contributed by atoms with van der Waals surface area (Å²) in [7, 11) is 1.76. The molecule has 0 radical (unpaired) electrons. The van der Waals surface area contributed by atoms with Gasteiger partial charge in [-0.2, -0.15) is 0 Å². The van der Waals surface area contributed by atoms with Gasteiger partial charge in [0.15, 0.2) is 0 Å². The highest BCUT2D eigenvalue weighted by atomic mass is 32.1. The Morgan fingerprint density at radius 1 is 1.35 bits per heavy atom. The molecule has 1 aromatic rings. The predicted octanol–water partition coefficient (Wildman–Crippen LogP) is 2.14. The molecule has 3 heterocycles. The second-order valence-electron chi connectivity index (χ2n) is 6.56. The molecule has 0 aliphatic carbocycles. The molecule has 2 saturated heterocycles. The molecule has 6 nitrogen and oxygen atoms in total. The van der Waals surface area contributed by atoms with Crippen molar-refractivity contribution in [1.29, 1.82) is 0 Å². The highest BCUT2D eigenvalue weighted by Crippen LogP contribution is 2.32. The lowest BCUT2D eigenvalue weighted by Crippen LogP contribution is -2.37. The fourth-order valence-corrected chi connectivity index (χ4v) is 4.38. The van der Waals surface area contributed by atoms with E-state index in [1.165, 1.54) is 0 Å². The first kappa shape index (κ1) is 16.2. The van der Waals surface area contributed by atoms with Crippen LogP contribution in [0.15, 0.2) is 0 Å². The van der Waals surface area contributed by atoms with E-state index in [4.69, 9.17) is 4.74 Å². The lowest BCUT2D eigenvalue weighted by Gasteiger charge is -2.25. The first-order chi connectivity index (χ1) is 10.9. The van der Waals surface area contributed by atoms with E-state index in [0.717, 1.165) is 41.4 Å². The maximum absolute atomic E-state index is 12.6. The summed E-state index contributed by atoms with van der Waals surface area (Å²) < 4.78 is 5.59. The molecule has 2 fully saturated rings. The van der Waals surface area contributed by atoms with Gasteiger partial charge in [-0.1, -0.05) is 0 Å². The van der Waals surface area contributed by atoms with Crippen LogP contribution in [-0.2, 0) is 16.0 Å². The Balaban J connectivity index is 1.63. The minimum absolute atomic E-state index is 0.145. The summed E-state index contributed by atoms with van der Waals surface area (Å²) in [5, 5.41) is 1.00. The number of amides is 2. The number of thiazole rings is 1. The Morgan fingerprint density at radius 3 is 2.74 bits per heavy atom. The molecule has 0 bridgehead atoms. The van der Waals surface area contributed by atoms with Crippen LogP contribution in [0.2, 0.25) is 0 Å². The summed E-state index contributed by atoms with van der Waals surface area (Å²) in [6, 6.07) is 0. The molecule has 0 saturated carbocycles. The van der Waals surface area contributed by atoms with Crippen LogP contribution in [0.3, 0.4) is 0 Å². The maximum Gasteiger partial charge on any atom is 0.410 e. The quantitative estimate of drug-likeness (QED) is 0.829. The third kappa shape index (κ3) is 3.34. The fourth-order valence-electron chi connectivity index (χ4n) is 3.46. The van der Waals surface area contributed by atoms with E-state index in [1.807, 2.05) is 18.7 Å². The summed E-state index contributed by atoms with van der Waals surface area (Å²) in [6.45, 7) is 5.93. The summed E-state index contributed by atoms with van der Waals surface area (Å²) in [5.41, 5.74) is 0.552. The average molecular weight is 337 g/mol. The van der Waals surface area contributed by atoms with Crippen molar-refractivity contribution in [2.45, 2.75) is 45.1 Å². The number of hydrogen-bond donors (Lipinski definition) is 0. The lowest BCUT2D eigenvalue weighted by atomic mass is 9.95. The van der Waals surface area contributed by atoms with E-state index in [-0.39, 0.29) is 12.0 Å². The van der Waals surface area contributed by atoms with Gasteiger partial charge < -0.3 is 14.5 Å². The molecular weight excluding hydrogens is 314 g/mol. The van der Waals surface area contributed by atoms with Gasteiger partial charge in [-0.15, -0.1) is 11.3 Å². The number of likely N-dealkylation sites (tertiary alicyclic amines) is 1. The predicted molar refractivity (Wildman–Crippen MR) is 87.6 cm³/mol. The Labute approximate surface area is 140 Å². The van der Waals surface area contributed by atoms with Crippen LogP contribution in [0, 0.1) is 13.8 Å². The van der Waals surface area contributed by atoms with Crippen LogP contribution >= 0.6 is 11.3 Å². The van der Waals surface area contributed by atoms with Crippen LogP contribution in [0.5, 0.6) is 0 Å². The van der Waals surface area contributed by atoms with Gasteiger partial charge in [-0.05, 0) is 26.7 Å². The van der Waals surface area contributed by atoms with Crippen LogP contribution in [0.25, 0.3) is 0 Å². The molecule has 23 heavy (non-hydrogen) atoms. The highest BCUT2D eigenvalue weighted by molar-refractivity contribution is 7.11. The van der Waals surface area contributed by atoms with E-state index < -0.39 is 5.60 Å². The van der Waals surface area contributed by atoms with E-state index in [1.54, 1.807) is 23.3 Å². The van der Waals surface area contributed by atoms with E-state index in [2.05, 4.69) is 4.98 Å². The molecular formula is C16H23N3O3S. The molecule has 1 atom stereocenters. The normalized spacial score (nSPS) is 24.9. The van der Waals surface area contributed by atoms with Crippen LogP contribution in [-0.4, -0.2) is 59.1 Å². The Kier molecular flexibility index (Phi) is 4.31. The molecule has 0 unspecified atom stereocenters. The minimum Gasteiger partial charge on any atom is -0.441 e.